The van der Waals surface area contributed by atoms with Crippen molar-refractivity contribution in [2.24, 2.45) is 10.8 Å². The van der Waals surface area contributed by atoms with Gasteiger partial charge in [-0.15, -0.1) is 0 Å². The first-order chi connectivity index (χ1) is 10.5. The van der Waals surface area contributed by atoms with Crippen molar-refractivity contribution >= 4 is 10.0 Å². The summed E-state index contributed by atoms with van der Waals surface area (Å²) in [5, 5.41) is 0. The molecule has 0 N–H and O–H groups in total. The Morgan fingerprint density at radius 1 is 1.17 bits per heavy atom. The highest BCUT2D eigenvalue weighted by atomic mass is 32.2. The van der Waals surface area contributed by atoms with E-state index in [1.54, 1.807) is 28.6 Å². The third kappa shape index (κ3) is 2.89. The Balaban J connectivity index is 1.88. The molecule has 3 rings (SSSR count). The van der Waals surface area contributed by atoms with Crippen LogP contribution in [0.4, 0.5) is 0 Å². The van der Waals surface area contributed by atoms with Crippen molar-refractivity contribution < 1.29 is 13.2 Å². The van der Waals surface area contributed by atoms with Gasteiger partial charge in [0, 0.05) is 12.6 Å². The number of fused-ring (bicyclic) bond motifs is 2. The largest absolute Gasteiger partial charge is 0.491 e. The zero-order chi connectivity index (χ0) is 17.0. The summed E-state index contributed by atoms with van der Waals surface area (Å²) in [6.45, 7) is 11.1. The smallest absolute Gasteiger partial charge is 0.243 e. The molecule has 0 amide bonds. The van der Waals surface area contributed by atoms with E-state index in [2.05, 4.69) is 20.8 Å². The molecule has 23 heavy (non-hydrogen) atoms. The van der Waals surface area contributed by atoms with E-state index in [1.807, 2.05) is 13.8 Å². The first-order valence-electron chi connectivity index (χ1n) is 8.32. The van der Waals surface area contributed by atoms with Gasteiger partial charge in [0.25, 0.3) is 0 Å². The Bertz CT molecular complexity index is 691. The molecule has 4 nitrogen and oxygen atoms in total. The Labute approximate surface area is 139 Å². The minimum atomic E-state index is -3.45. The molecular weight excluding hydrogens is 310 g/mol. The summed E-state index contributed by atoms with van der Waals surface area (Å²) < 4.78 is 33.5. The Kier molecular flexibility index (Phi) is 3.80. The number of piperidine rings is 1. The predicted molar refractivity (Wildman–Crippen MR) is 91.0 cm³/mol. The third-order valence-corrected chi connectivity index (χ3v) is 7.03. The fourth-order valence-corrected chi connectivity index (χ4v) is 6.41. The molecule has 2 bridgehead atoms. The number of sulfonamides is 1. The normalized spacial score (nSPS) is 30.1. The van der Waals surface area contributed by atoms with Crippen molar-refractivity contribution in [1.82, 2.24) is 4.31 Å². The van der Waals surface area contributed by atoms with Crippen molar-refractivity contribution in [2.75, 3.05) is 6.54 Å². The van der Waals surface area contributed by atoms with E-state index < -0.39 is 10.0 Å². The zero-order valence-electron chi connectivity index (χ0n) is 14.7. The summed E-state index contributed by atoms with van der Waals surface area (Å²) in [5.74, 6) is 0.703. The molecule has 2 atom stereocenters. The second-order valence-electron chi connectivity index (χ2n) is 8.38. The lowest BCUT2D eigenvalue weighted by Crippen LogP contribution is -2.47. The second-order valence-corrected chi connectivity index (χ2v) is 10.3. The zero-order valence-corrected chi connectivity index (χ0v) is 15.5. The molecule has 0 radical (unpaired) electrons. The highest BCUT2D eigenvalue weighted by Gasteiger charge is 2.59. The minimum absolute atomic E-state index is 0.0424. The fourth-order valence-electron chi connectivity index (χ4n) is 4.48. The summed E-state index contributed by atoms with van der Waals surface area (Å²) in [4.78, 5) is 0.362. The van der Waals surface area contributed by atoms with Gasteiger partial charge in [0.15, 0.2) is 0 Å². The van der Waals surface area contributed by atoms with Crippen molar-refractivity contribution in [1.29, 1.82) is 0 Å². The maximum Gasteiger partial charge on any atom is 0.243 e. The average Bonchev–Trinajstić information content (AvgIpc) is 2.87. The quantitative estimate of drug-likeness (QED) is 0.842. The molecule has 0 spiro atoms. The van der Waals surface area contributed by atoms with E-state index in [4.69, 9.17) is 4.74 Å². The van der Waals surface area contributed by atoms with Crippen LogP contribution in [0, 0.1) is 10.8 Å². The first kappa shape index (κ1) is 16.8. The molecule has 2 unspecified atom stereocenters. The number of nitrogens with zero attached hydrogens (tertiary/aromatic N) is 1. The number of hydrogen-bond acceptors (Lipinski definition) is 3. The van der Waals surface area contributed by atoms with Gasteiger partial charge in [-0.1, -0.05) is 20.8 Å². The molecule has 5 heteroatoms. The van der Waals surface area contributed by atoms with E-state index in [9.17, 15) is 8.42 Å². The van der Waals surface area contributed by atoms with Gasteiger partial charge in [0.1, 0.15) is 5.75 Å². The number of hydrogen-bond donors (Lipinski definition) is 0. The van der Waals surface area contributed by atoms with Crippen LogP contribution in [0.5, 0.6) is 5.75 Å². The van der Waals surface area contributed by atoms with Gasteiger partial charge in [0.05, 0.1) is 11.0 Å². The highest BCUT2D eigenvalue weighted by molar-refractivity contribution is 7.89. The summed E-state index contributed by atoms with van der Waals surface area (Å²) in [5.41, 5.74) is 0.155. The summed E-state index contributed by atoms with van der Waals surface area (Å²) in [6, 6.07) is 6.91. The number of rotatable bonds is 4. The molecule has 1 saturated carbocycles. The van der Waals surface area contributed by atoms with Crippen LogP contribution in [-0.4, -0.2) is 31.4 Å². The Morgan fingerprint density at radius 2 is 1.78 bits per heavy atom. The standard InChI is InChI=1S/C18H27NO3S/c1-13(2)22-14-6-8-15(9-7-14)23(20,21)19-12-18(5)10-16(19)17(3,4)11-18/h6-9,13,16H,10-12H2,1-5H3. The molecule has 1 aliphatic carbocycles. The van der Waals surface area contributed by atoms with Gasteiger partial charge in [-0.05, 0) is 61.8 Å². The molecule has 2 aliphatic rings. The van der Waals surface area contributed by atoms with Crippen LogP contribution in [0.15, 0.2) is 29.2 Å². The lowest BCUT2D eigenvalue weighted by Gasteiger charge is -2.40. The Hall–Kier alpha value is -1.07. The van der Waals surface area contributed by atoms with Crippen LogP contribution in [0.2, 0.25) is 0 Å². The van der Waals surface area contributed by atoms with E-state index in [0.717, 1.165) is 12.8 Å². The molecule has 1 aromatic rings. The first-order valence-corrected chi connectivity index (χ1v) is 9.76. The molecule has 1 heterocycles. The van der Waals surface area contributed by atoms with Crippen molar-refractivity contribution in [3.63, 3.8) is 0 Å². The lowest BCUT2D eigenvalue weighted by atomic mass is 9.80. The predicted octanol–water partition coefficient (Wildman–Crippen LogP) is 3.67. The third-order valence-electron chi connectivity index (χ3n) is 5.16. The van der Waals surface area contributed by atoms with Crippen LogP contribution >= 0.6 is 0 Å². The summed E-state index contributed by atoms with van der Waals surface area (Å²) in [6.07, 6.45) is 2.14. The fraction of sp³-hybridized carbons (Fsp3) is 0.667. The molecule has 0 aromatic heterocycles. The summed E-state index contributed by atoms with van der Waals surface area (Å²) >= 11 is 0. The molecule has 1 aromatic carbocycles. The lowest BCUT2D eigenvalue weighted by molar-refractivity contribution is 0.138. The topological polar surface area (TPSA) is 46.6 Å². The monoisotopic (exact) mass is 337 g/mol. The van der Waals surface area contributed by atoms with Crippen molar-refractivity contribution in [3.05, 3.63) is 24.3 Å². The van der Waals surface area contributed by atoms with Gasteiger partial charge in [-0.2, -0.15) is 4.31 Å². The summed E-state index contributed by atoms with van der Waals surface area (Å²) in [7, 11) is -3.45. The van der Waals surface area contributed by atoms with Crippen LogP contribution in [-0.2, 0) is 10.0 Å². The van der Waals surface area contributed by atoms with E-state index in [1.165, 1.54) is 0 Å². The van der Waals surface area contributed by atoms with E-state index >= 15 is 0 Å². The van der Waals surface area contributed by atoms with Crippen LogP contribution in [0.1, 0.15) is 47.5 Å². The SMILES string of the molecule is CC(C)Oc1ccc(S(=O)(=O)N2CC3(C)CC2C(C)(C)C3)cc1. The molecular formula is C18H27NO3S. The number of ether oxygens (including phenoxy) is 1. The minimum Gasteiger partial charge on any atom is -0.491 e. The van der Waals surface area contributed by atoms with Crippen LogP contribution < -0.4 is 4.74 Å². The molecule has 1 saturated heterocycles. The number of benzene rings is 1. The maximum atomic E-state index is 13.1. The van der Waals surface area contributed by atoms with Crippen LogP contribution in [0.25, 0.3) is 0 Å². The van der Waals surface area contributed by atoms with Gasteiger partial charge >= 0.3 is 0 Å². The van der Waals surface area contributed by atoms with Gasteiger partial charge in [-0.25, -0.2) is 8.42 Å². The van der Waals surface area contributed by atoms with Gasteiger partial charge < -0.3 is 4.74 Å². The molecule has 128 valence electrons. The van der Waals surface area contributed by atoms with Crippen LogP contribution in [0.3, 0.4) is 0 Å². The maximum absolute atomic E-state index is 13.1. The second kappa shape index (κ2) is 5.21. The van der Waals surface area contributed by atoms with E-state index in [-0.39, 0.29) is 23.0 Å². The van der Waals surface area contributed by atoms with Gasteiger partial charge in [0.2, 0.25) is 10.0 Å². The van der Waals surface area contributed by atoms with Crippen molar-refractivity contribution in [3.8, 4) is 5.75 Å². The van der Waals surface area contributed by atoms with Gasteiger partial charge in [-0.3, -0.25) is 0 Å². The average molecular weight is 337 g/mol. The highest BCUT2D eigenvalue weighted by Crippen LogP contribution is 2.57. The van der Waals surface area contributed by atoms with E-state index in [0.29, 0.717) is 17.2 Å². The Morgan fingerprint density at radius 3 is 2.26 bits per heavy atom. The molecule has 1 aliphatic heterocycles. The molecule has 2 fully saturated rings. The van der Waals surface area contributed by atoms with Crippen molar-refractivity contribution in [2.45, 2.75) is 64.5 Å².